The molecule has 1 saturated heterocycles. The summed E-state index contributed by atoms with van der Waals surface area (Å²) in [7, 11) is 0. The van der Waals surface area contributed by atoms with Crippen molar-refractivity contribution in [2.24, 2.45) is 0 Å². The Balaban J connectivity index is 1.63. The van der Waals surface area contributed by atoms with Crippen molar-refractivity contribution in [2.75, 3.05) is 43.1 Å². The molecule has 0 amide bonds. The number of morpholine rings is 1. The van der Waals surface area contributed by atoms with Crippen LogP contribution in [-0.2, 0) is 4.74 Å². The lowest BCUT2D eigenvalue weighted by Crippen LogP contribution is -2.36. The minimum absolute atomic E-state index is 0.805. The quantitative estimate of drug-likeness (QED) is 0.704. The third-order valence-corrected chi connectivity index (χ3v) is 3.94. The maximum absolute atomic E-state index is 5.36. The Kier molecular flexibility index (Phi) is 7.36. The molecule has 0 spiro atoms. The molecule has 1 aromatic heterocycles. The Hall–Kier alpha value is -1.29. The van der Waals surface area contributed by atoms with Gasteiger partial charge in [0, 0.05) is 19.6 Å². The zero-order chi connectivity index (χ0) is 14.8. The molecule has 2 rings (SSSR count). The maximum atomic E-state index is 5.36. The van der Waals surface area contributed by atoms with Gasteiger partial charge < -0.3 is 15.0 Å². The van der Waals surface area contributed by atoms with Gasteiger partial charge in [-0.3, -0.25) is 0 Å². The van der Waals surface area contributed by atoms with Crippen LogP contribution in [0.1, 0.15) is 45.4 Å². The Morgan fingerprint density at radius 2 is 1.86 bits per heavy atom. The van der Waals surface area contributed by atoms with E-state index < -0.39 is 0 Å². The molecule has 0 unspecified atom stereocenters. The number of nitrogens with one attached hydrogen (secondary N) is 1. The van der Waals surface area contributed by atoms with Crippen LogP contribution in [0, 0.1) is 0 Å². The molecule has 0 aliphatic carbocycles. The number of aromatic nitrogens is 1. The highest BCUT2D eigenvalue weighted by Crippen LogP contribution is 2.15. The molecule has 0 saturated carbocycles. The smallest absolute Gasteiger partial charge is 0.128 e. The van der Waals surface area contributed by atoms with E-state index in [0.717, 1.165) is 44.4 Å². The summed E-state index contributed by atoms with van der Waals surface area (Å²) in [5, 5.41) is 3.46. The Bertz CT molecular complexity index is 374. The van der Waals surface area contributed by atoms with E-state index >= 15 is 0 Å². The van der Waals surface area contributed by atoms with Gasteiger partial charge in [-0.05, 0) is 18.6 Å². The van der Waals surface area contributed by atoms with E-state index in [2.05, 4.69) is 34.3 Å². The standard InChI is InChI=1S/C17H29N3O/c1-2-3-4-5-6-7-10-18-16-8-9-17(19-15-16)20-11-13-21-14-12-20/h8-9,15,18H,2-7,10-14H2,1H3. The van der Waals surface area contributed by atoms with Gasteiger partial charge in [-0.15, -0.1) is 0 Å². The van der Waals surface area contributed by atoms with Gasteiger partial charge in [0.15, 0.2) is 0 Å². The van der Waals surface area contributed by atoms with Crippen LogP contribution in [0.25, 0.3) is 0 Å². The third-order valence-electron chi connectivity index (χ3n) is 3.94. The third kappa shape index (κ3) is 5.92. The number of pyridine rings is 1. The fourth-order valence-electron chi connectivity index (χ4n) is 2.61. The van der Waals surface area contributed by atoms with E-state index in [0.29, 0.717) is 0 Å². The average molecular weight is 291 g/mol. The van der Waals surface area contributed by atoms with Crippen LogP contribution in [0.5, 0.6) is 0 Å². The summed E-state index contributed by atoms with van der Waals surface area (Å²) in [6, 6.07) is 4.24. The fraction of sp³-hybridized carbons (Fsp3) is 0.706. The molecule has 0 radical (unpaired) electrons. The largest absolute Gasteiger partial charge is 0.384 e. The molecule has 118 valence electrons. The van der Waals surface area contributed by atoms with Gasteiger partial charge in [0.05, 0.1) is 25.1 Å². The van der Waals surface area contributed by atoms with Gasteiger partial charge in [0.2, 0.25) is 0 Å². The molecule has 4 nitrogen and oxygen atoms in total. The van der Waals surface area contributed by atoms with Crippen LogP contribution in [-0.4, -0.2) is 37.8 Å². The fourth-order valence-corrected chi connectivity index (χ4v) is 2.61. The van der Waals surface area contributed by atoms with Crippen LogP contribution < -0.4 is 10.2 Å². The SMILES string of the molecule is CCCCCCCCNc1ccc(N2CCOCC2)nc1. The molecule has 1 fully saturated rings. The van der Waals surface area contributed by atoms with Crippen LogP contribution >= 0.6 is 0 Å². The number of nitrogens with zero attached hydrogens (tertiary/aromatic N) is 2. The molecule has 1 aliphatic heterocycles. The van der Waals surface area contributed by atoms with Gasteiger partial charge in [0.25, 0.3) is 0 Å². The van der Waals surface area contributed by atoms with Crippen LogP contribution in [0.3, 0.4) is 0 Å². The normalized spacial score (nSPS) is 15.2. The molecular weight excluding hydrogens is 262 g/mol. The molecule has 0 aromatic carbocycles. The maximum Gasteiger partial charge on any atom is 0.128 e. The van der Waals surface area contributed by atoms with Crippen molar-refractivity contribution in [3.8, 4) is 0 Å². The van der Waals surface area contributed by atoms with Gasteiger partial charge in [-0.1, -0.05) is 39.0 Å². The monoisotopic (exact) mass is 291 g/mol. The summed E-state index contributed by atoms with van der Waals surface area (Å²) in [5.41, 5.74) is 1.13. The van der Waals surface area contributed by atoms with E-state index in [9.17, 15) is 0 Å². The molecule has 4 heteroatoms. The first kappa shape index (κ1) is 16.1. The Morgan fingerprint density at radius 3 is 2.57 bits per heavy atom. The van der Waals surface area contributed by atoms with Gasteiger partial charge in [-0.25, -0.2) is 4.98 Å². The lowest BCUT2D eigenvalue weighted by molar-refractivity contribution is 0.122. The summed E-state index contributed by atoms with van der Waals surface area (Å²) in [6.45, 7) is 6.80. The lowest BCUT2D eigenvalue weighted by atomic mass is 10.1. The van der Waals surface area contributed by atoms with Crippen LogP contribution in [0.4, 0.5) is 11.5 Å². The molecule has 21 heavy (non-hydrogen) atoms. The number of hydrogen-bond donors (Lipinski definition) is 1. The molecular formula is C17H29N3O. The summed E-state index contributed by atoms with van der Waals surface area (Å²) in [5.74, 6) is 1.06. The van der Waals surface area contributed by atoms with E-state index in [1.54, 1.807) is 0 Å². The first-order valence-corrected chi connectivity index (χ1v) is 8.43. The van der Waals surface area contributed by atoms with E-state index in [4.69, 9.17) is 4.74 Å². The van der Waals surface area contributed by atoms with Gasteiger partial charge in [0.1, 0.15) is 5.82 Å². The highest BCUT2D eigenvalue weighted by molar-refractivity contribution is 5.48. The van der Waals surface area contributed by atoms with Crippen molar-refractivity contribution in [3.05, 3.63) is 18.3 Å². The van der Waals surface area contributed by atoms with Crippen molar-refractivity contribution < 1.29 is 4.74 Å². The van der Waals surface area contributed by atoms with E-state index in [1.807, 2.05) is 6.20 Å². The van der Waals surface area contributed by atoms with Crippen molar-refractivity contribution in [3.63, 3.8) is 0 Å². The second kappa shape index (κ2) is 9.61. The summed E-state index contributed by atoms with van der Waals surface area (Å²) in [4.78, 5) is 6.83. The second-order valence-corrected chi connectivity index (χ2v) is 5.70. The highest BCUT2D eigenvalue weighted by atomic mass is 16.5. The van der Waals surface area contributed by atoms with Crippen molar-refractivity contribution in [1.29, 1.82) is 0 Å². The van der Waals surface area contributed by atoms with Crippen LogP contribution in [0.2, 0.25) is 0 Å². The number of ether oxygens (including phenoxy) is 1. The Morgan fingerprint density at radius 1 is 1.10 bits per heavy atom. The topological polar surface area (TPSA) is 37.4 Å². The lowest BCUT2D eigenvalue weighted by Gasteiger charge is -2.27. The minimum Gasteiger partial charge on any atom is -0.384 e. The first-order valence-electron chi connectivity index (χ1n) is 8.43. The molecule has 1 aromatic rings. The van der Waals surface area contributed by atoms with Gasteiger partial charge >= 0.3 is 0 Å². The van der Waals surface area contributed by atoms with Crippen LogP contribution in [0.15, 0.2) is 18.3 Å². The van der Waals surface area contributed by atoms with E-state index in [-0.39, 0.29) is 0 Å². The van der Waals surface area contributed by atoms with Crippen molar-refractivity contribution in [2.45, 2.75) is 45.4 Å². The summed E-state index contributed by atoms with van der Waals surface area (Å²) >= 11 is 0. The van der Waals surface area contributed by atoms with Crippen molar-refractivity contribution in [1.82, 2.24) is 4.98 Å². The predicted molar refractivity (Wildman–Crippen MR) is 89.1 cm³/mol. The molecule has 2 heterocycles. The van der Waals surface area contributed by atoms with Gasteiger partial charge in [-0.2, -0.15) is 0 Å². The number of unbranched alkanes of at least 4 members (excludes halogenated alkanes) is 5. The molecule has 0 atom stereocenters. The zero-order valence-corrected chi connectivity index (χ0v) is 13.3. The molecule has 1 N–H and O–H groups in total. The minimum atomic E-state index is 0.805. The first-order chi connectivity index (χ1) is 10.4. The van der Waals surface area contributed by atoms with Crippen molar-refractivity contribution >= 4 is 11.5 Å². The average Bonchev–Trinajstić information content (AvgIpc) is 2.55. The second-order valence-electron chi connectivity index (χ2n) is 5.70. The number of anilines is 2. The summed E-state index contributed by atoms with van der Waals surface area (Å²) in [6.07, 6.45) is 9.96. The predicted octanol–water partition coefficient (Wildman–Crippen LogP) is 3.69. The molecule has 1 aliphatic rings. The highest BCUT2D eigenvalue weighted by Gasteiger charge is 2.11. The Labute approximate surface area is 128 Å². The summed E-state index contributed by atoms with van der Waals surface area (Å²) < 4.78 is 5.36. The number of rotatable bonds is 9. The number of hydrogen-bond acceptors (Lipinski definition) is 4. The zero-order valence-electron chi connectivity index (χ0n) is 13.3. The van der Waals surface area contributed by atoms with E-state index in [1.165, 1.54) is 38.5 Å². The molecule has 0 bridgehead atoms.